The van der Waals surface area contributed by atoms with Crippen LogP contribution >= 0.6 is 23.2 Å². The van der Waals surface area contributed by atoms with Gasteiger partial charge < -0.3 is 20.8 Å². The first kappa shape index (κ1) is 26.3. The van der Waals surface area contributed by atoms with Crippen LogP contribution in [0.15, 0.2) is 96.0 Å². The van der Waals surface area contributed by atoms with E-state index in [4.69, 9.17) is 28.2 Å². The predicted molar refractivity (Wildman–Crippen MR) is 165 cm³/mol. The number of rotatable bonds is 7. The topological polar surface area (TPSA) is 116 Å². The molecule has 0 aliphatic heterocycles. The van der Waals surface area contributed by atoms with E-state index in [0.717, 1.165) is 27.1 Å². The van der Waals surface area contributed by atoms with Gasteiger partial charge in [-0.2, -0.15) is 15.0 Å². The van der Waals surface area contributed by atoms with Crippen molar-refractivity contribution in [3.8, 4) is 11.5 Å². The predicted octanol–water partition coefficient (Wildman–Crippen LogP) is 8.00. The van der Waals surface area contributed by atoms with Crippen LogP contribution in [-0.4, -0.2) is 31.4 Å². The van der Waals surface area contributed by atoms with Gasteiger partial charge >= 0.3 is 0 Å². The van der Waals surface area contributed by atoms with Gasteiger partial charge in [-0.25, -0.2) is 0 Å². The fourth-order valence-corrected chi connectivity index (χ4v) is 4.99. The van der Waals surface area contributed by atoms with Crippen molar-refractivity contribution in [2.24, 2.45) is 4.99 Å². The van der Waals surface area contributed by atoms with Crippen LogP contribution in [0, 0.1) is 0 Å². The molecule has 6 rings (SSSR count). The van der Waals surface area contributed by atoms with Gasteiger partial charge in [0.1, 0.15) is 11.5 Å². The molecule has 0 amide bonds. The number of aromatic nitrogens is 3. The minimum Gasteiger partial charge on any atom is -0.508 e. The quantitative estimate of drug-likeness (QED) is 0.141. The van der Waals surface area contributed by atoms with E-state index >= 15 is 0 Å². The number of benzene rings is 5. The normalized spacial score (nSPS) is 11.4. The molecule has 0 fully saturated rings. The molecule has 0 radical (unpaired) electrons. The monoisotopic (exact) mass is 580 g/mol. The molecule has 1 heterocycles. The molecule has 0 bridgehead atoms. The van der Waals surface area contributed by atoms with E-state index in [1.165, 1.54) is 0 Å². The van der Waals surface area contributed by atoms with Gasteiger partial charge in [0.2, 0.25) is 16.5 Å². The second-order valence-electron chi connectivity index (χ2n) is 9.17. The second-order valence-corrected chi connectivity index (χ2v) is 9.85. The Balaban J connectivity index is 1.38. The second kappa shape index (κ2) is 11.3. The summed E-state index contributed by atoms with van der Waals surface area (Å²) in [4.78, 5) is 16.7. The number of fused-ring (bicyclic) bond motifs is 2. The summed E-state index contributed by atoms with van der Waals surface area (Å²) in [6, 6.07) is 28.2. The molecule has 0 saturated carbocycles. The zero-order valence-electron chi connectivity index (χ0n) is 21.4. The van der Waals surface area contributed by atoms with Crippen LogP contribution in [0.2, 0.25) is 10.6 Å². The molecule has 0 saturated heterocycles. The van der Waals surface area contributed by atoms with Crippen LogP contribution in [0.5, 0.6) is 11.5 Å². The molecule has 0 aliphatic rings. The van der Waals surface area contributed by atoms with Gasteiger partial charge in [-0.3, -0.25) is 4.99 Å². The van der Waals surface area contributed by atoms with Crippen LogP contribution in [-0.2, 0) is 6.54 Å². The molecule has 0 unspecified atom stereocenters. The highest BCUT2D eigenvalue weighted by Crippen LogP contribution is 2.34. The fraction of sp³-hybridized carbons (Fsp3) is 0.0323. The molecule has 0 aliphatic carbocycles. The molecule has 5 aromatic carbocycles. The van der Waals surface area contributed by atoms with Crippen LogP contribution in [0.3, 0.4) is 0 Å². The number of phenols is 2. The van der Waals surface area contributed by atoms with E-state index in [9.17, 15) is 10.2 Å². The molecule has 10 heteroatoms. The first-order chi connectivity index (χ1) is 19.9. The van der Waals surface area contributed by atoms with Crippen LogP contribution in [0.4, 0.5) is 23.0 Å². The molecule has 41 heavy (non-hydrogen) atoms. The summed E-state index contributed by atoms with van der Waals surface area (Å²) in [5.74, 6) is 0.500. The van der Waals surface area contributed by atoms with Crippen molar-refractivity contribution in [2.45, 2.75) is 6.54 Å². The highest BCUT2D eigenvalue weighted by molar-refractivity contribution is 6.31. The lowest BCUT2D eigenvalue weighted by atomic mass is 10.0. The summed E-state index contributed by atoms with van der Waals surface area (Å²) in [5.41, 5.74) is 3.26. The summed E-state index contributed by atoms with van der Waals surface area (Å²) in [5, 5.41) is 31.6. The molecule has 0 spiro atoms. The lowest BCUT2D eigenvalue weighted by molar-refractivity contribution is 0.470. The molecule has 6 aromatic rings. The summed E-state index contributed by atoms with van der Waals surface area (Å²) in [6.45, 7) is 0.322. The zero-order valence-corrected chi connectivity index (χ0v) is 22.9. The van der Waals surface area contributed by atoms with E-state index < -0.39 is 0 Å². The first-order valence-electron chi connectivity index (χ1n) is 12.6. The number of phenolic OH excluding ortho intramolecular Hbond substituents is 2. The minimum absolute atomic E-state index is 0.0339. The fourth-order valence-electron chi connectivity index (χ4n) is 4.63. The highest BCUT2D eigenvalue weighted by atomic mass is 35.5. The Morgan fingerprint density at radius 2 is 1.39 bits per heavy atom. The van der Waals surface area contributed by atoms with Crippen molar-refractivity contribution in [1.29, 1.82) is 0 Å². The molecular weight excluding hydrogens is 559 g/mol. The number of hydrogen-bond acceptors (Lipinski definition) is 8. The van der Waals surface area contributed by atoms with E-state index in [1.807, 2.05) is 78.9 Å². The van der Waals surface area contributed by atoms with Crippen molar-refractivity contribution < 1.29 is 10.2 Å². The van der Waals surface area contributed by atoms with Crippen LogP contribution in [0.1, 0.15) is 11.1 Å². The van der Waals surface area contributed by atoms with E-state index in [2.05, 4.69) is 25.6 Å². The number of aliphatic imine (C=N–C) groups is 1. The van der Waals surface area contributed by atoms with Crippen molar-refractivity contribution in [1.82, 2.24) is 15.0 Å². The Kier molecular flexibility index (Phi) is 7.24. The van der Waals surface area contributed by atoms with Gasteiger partial charge in [-0.15, -0.1) is 0 Å². The lowest BCUT2D eigenvalue weighted by Crippen LogP contribution is -2.03. The standard InChI is InChI=1S/C31H22Cl2N6O2/c32-29-37-30(33)39-31(38-29)36-20-11-12-25(34-16-23-21-7-3-1-5-18(21)9-13-27(23)40)26(15-20)35-17-24-22-8-4-2-6-19(22)10-14-28(24)41/h1-16,35,40-41H,17H2,(H,36,37,38,39). The highest BCUT2D eigenvalue weighted by Gasteiger charge is 2.11. The zero-order chi connectivity index (χ0) is 28.3. The molecular formula is C31H22Cl2N6O2. The minimum atomic E-state index is -0.0339. The van der Waals surface area contributed by atoms with Gasteiger partial charge in [-0.05, 0) is 75.1 Å². The van der Waals surface area contributed by atoms with Crippen LogP contribution in [0.25, 0.3) is 21.5 Å². The third-order valence-electron chi connectivity index (χ3n) is 6.59. The summed E-state index contributed by atoms with van der Waals surface area (Å²) in [6.07, 6.45) is 1.65. The van der Waals surface area contributed by atoms with E-state index in [1.54, 1.807) is 18.3 Å². The maximum absolute atomic E-state index is 10.7. The molecule has 1 aromatic heterocycles. The number of halogens is 2. The van der Waals surface area contributed by atoms with Crippen molar-refractivity contribution in [2.75, 3.05) is 10.6 Å². The Morgan fingerprint density at radius 1 is 0.732 bits per heavy atom. The van der Waals surface area contributed by atoms with E-state index in [-0.39, 0.29) is 28.0 Å². The average Bonchev–Trinajstić information content (AvgIpc) is 2.96. The first-order valence-corrected chi connectivity index (χ1v) is 13.4. The number of hydrogen-bond donors (Lipinski definition) is 4. The number of nitrogens with one attached hydrogen (secondary N) is 2. The average molecular weight is 581 g/mol. The van der Waals surface area contributed by atoms with Gasteiger partial charge in [0, 0.05) is 29.6 Å². The van der Waals surface area contributed by atoms with Gasteiger partial charge in [0.15, 0.2) is 0 Å². The Morgan fingerprint density at radius 3 is 2.15 bits per heavy atom. The molecule has 4 N–H and O–H groups in total. The van der Waals surface area contributed by atoms with E-state index in [0.29, 0.717) is 29.2 Å². The number of anilines is 3. The van der Waals surface area contributed by atoms with Gasteiger partial charge in [-0.1, -0.05) is 60.7 Å². The van der Waals surface area contributed by atoms with Crippen molar-refractivity contribution >= 4 is 74.0 Å². The van der Waals surface area contributed by atoms with Gasteiger partial charge in [0.05, 0.1) is 11.4 Å². The third kappa shape index (κ3) is 5.70. The molecule has 8 nitrogen and oxygen atoms in total. The van der Waals surface area contributed by atoms with Gasteiger partial charge in [0.25, 0.3) is 0 Å². The maximum Gasteiger partial charge on any atom is 0.232 e. The Bertz CT molecular complexity index is 1930. The number of nitrogens with zero attached hydrogens (tertiary/aromatic N) is 4. The summed E-state index contributed by atoms with van der Waals surface area (Å²) in [7, 11) is 0. The maximum atomic E-state index is 10.7. The summed E-state index contributed by atoms with van der Waals surface area (Å²) >= 11 is 11.9. The summed E-state index contributed by atoms with van der Waals surface area (Å²) < 4.78 is 0. The Hall–Kier alpha value is -4.92. The van der Waals surface area contributed by atoms with Crippen LogP contribution < -0.4 is 10.6 Å². The van der Waals surface area contributed by atoms with Crippen molar-refractivity contribution in [3.63, 3.8) is 0 Å². The SMILES string of the molecule is Oc1ccc2ccccc2c1C=Nc1ccc(Nc2nc(Cl)nc(Cl)n2)cc1NCc1c(O)ccc2ccccc12. The smallest absolute Gasteiger partial charge is 0.232 e. The largest absolute Gasteiger partial charge is 0.508 e. The Labute approximate surface area is 245 Å². The third-order valence-corrected chi connectivity index (χ3v) is 6.92. The molecule has 202 valence electrons. The lowest BCUT2D eigenvalue weighted by Gasteiger charge is -2.15. The molecule has 0 atom stereocenters. The number of aromatic hydroxyl groups is 2. The van der Waals surface area contributed by atoms with Crippen molar-refractivity contribution in [3.05, 3.63) is 113 Å².